The van der Waals surface area contributed by atoms with Gasteiger partial charge in [-0.05, 0) is 6.08 Å². The number of thiazole rings is 1. The minimum absolute atomic E-state index is 0.0324. The Morgan fingerprint density at radius 1 is 1.69 bits per heavy atom. The summed E-state index contributed by atoms with van der Waals surface area (Å²) in [4.78, 5) is 5.08. The first-order valence-corrected chi connectivity index (χ1v) is 4.97. The molecule has 0 aliphatic carbocycles. The molecule has 1 atom stereocenters. The van der Waals surface area contributed by atoms with E-state index in [-0.39, 0.29) is 6.04 Å². The van der Waals surface area contributed by atoms with Crippen LogP contribution in [-0.2, 0) is 4.74 Å². The van der Waals surface area contributed by atoms with Crippen molar-refractivity contribution in [1.29, 1.82) is 0 Å². The Morgan fingerprint density at radius 3 is 3.15 bits per heavy atom. The first kappa shape index (κ1) is 8.68. The molecule has 0 spiro atoms. The maximum atomic E-state index is 5.45. The van der Waals surface area contributed by atoms with E-state index in [1.165, 1.54) is 0 Å². The third-order valence-corrected chi connectivity index (χ3v) is 2.76. The molecule has 1 aliphatic rings. The number of nitrogens with two attached hydrogens (primary N) is 1. The molecule has 0 aromatic carbocycles. The Kier molecular flexibility index (Phi) is 2.58. The maximum Gasteiger partial charge on any atom is 0.116 e. The number of rotatable bonds is 3. The second-order valence-electron chi connectivity index (χ2n) is 2.75. The summed E-state index contributed by atoms with van der Waals surface area (Å²) in [6.45, 7) is 0.756. The fourth-order valence-electron chi connectivity index (χ4n) is 1.31. The van der Waals surface area contributed by atoms with Crippen LogP contribution in [0.3, 0.4) is 0 Å². The number of hydrogen-bond acceptors (Lipinski definition) is 5. The third kappa shape index (κ3) is 1.72. The van der Waals surface area contributed by atoms with Crippen LogP contribution in [0.25, 0.3) is 0 Å². The molecule has 3 N–H and O–H groups in total. The highest BCUT2D eigenvalue weighted by molar-refractivity contribution is 7.09. The van der Waals surface area contributed by atoms with Crippen molar-refractivity contribution in [3.8, 4) is 0 Å². The van der Waals surface area contributed by atoms with E-state index in [0.29, 0.717) is 0 Å². The molecule has 1 unspecified atom stereocenters. The number of ether oxygens (including phenoxy) is 1. The number of nitrogens with zero attached hydrogens (tertiary/aromatic N) is 1. The first-order valence-electron chi connectivity index (χ1n) is 4.09. The molecule has 0 saturated heterocycles. The van der Waals surface area contributed by atoms with Gasteiger partial charge in [0.2, 0.25) is 0 Å². The van der Waals surface area contributed by atoms with Gasteiger partial charge in [0.1, 0.15) is 11.8 Å². The molecule has 1 aromatic heterocycles. The largest absolute Gasteiger partial charge is 0.496 e. The van der Waals surface area contributed by atoms with Crippen molar-refractivity contribution in [2.45, 2.75) is 12.5 Å². The van der Waals surface area contributed by atoms with Gasteiger partial charge < -0.3 is 4.74 Å². The van der Waals surface area contributed by atoms with E-state index in [4.69, 9.17) is 10.6 Å². The van der Waals surface area contributed by atoms with E-state index in [1.807, 2.05) is 0 Å². The van der Waals surface area contributed by atoms with Gasteiger partial charge in [-0.25, -0.2) is 5.43 Å². The zero-order chi connectivity index (χ0) is 9.10. The topological polar surface area (TPSA) is 60.2 Å². The van der Waals surface area contributed by atoms with Gasteiger partial charge in [0.25, 0.3) is 0 Å². The van der Waals surface area contributed by atoms with Crippen LogP contribution in [0.5, 0.6) is 0 Å². The van der Waals surface area contributed by atoms with E-state index in [2.05, 4.69) is 16.5 Å². The second-order valence-corrected chi connectivity index (χ2v) is 3.67. The van der Waals surface area contributed by atoms with Crippen molar-refractivity contribution >= 4 is 11.3 Å². The molecule has 0 radical (unpaired) electrons. The Balaban J connectivity index is 2.18. The molecule has 1 aromatic rings. The van der Waals surface area contributed by atoms with Gasteiger partial charge in [-0.1, -0.05) is 0 Å². The van der Waals surface area contributed by atoms with Crippen LogP contribution >= 0.6 is 11.3 Å². The second kappa shape index (κ2) is 3.87. The molecular weight excluding hydrogens is 186 g/mol. The minimum atomic E-state index is -0.0324. The van der Waals surface area contributed by atoms with E-state index in [1.54, 1.807) is 23.0 Å². The fraction of sp³-hybridized carbons (Fsp3) is 0.375. The van der Waals surface area contributed by atoms with Crippen LogP contribution in [0.2, 0.25) is 0 Å². The van der Waals surface area contributed by atoms with Crippen molar-refractivity contribution < 1.29 is 4.74 Å². The summed E-state index contributed by atoms with van der Waals surface area (Å²) in [5.74, 6) is 6.36. The molecule has 5 heteroatoms. The zero-order valence-corrected chi connectivity index (χ0v) is 7.88. The van der Waals surface area contributed by atoms with Gasteiger partial charge in [0.05, 0.1) is 17.0 Å². The fourth-order valence-corrected chi connectivity index (χ4v) is 2.00. The zero-order valence-electron chi connectivity index (χ0n) is 7.06. The Morgan fingerprint density at radius 2 is 2.62 bits per heavy atom. The lowest BCUT2D eigenvalue weighted by molar-refractivity contribution is 0.216. The summed E-state index contributed by atoms with van der Waals surface area (Å²) in [6, 6.07) is -0.0324. The van der Waals surface area contributed by atoms with E-state index >= 15 is 0 Å². The standard InChI is InChI=1S/C8H11N3OS/c9-11-8(6-2-1-3-12-6)7-4-10-5-13-7/h2,4-5,8,11H,1,3,9H2. The Bertz CT molecular complexity index is 296. The van der Waals surface area contributed by atoms with Gasteiger partial charge in [-0.3, -0.25) is 10.8 Å². The number of nitrogens with one attached hydrogen (secondary N) is 1. The normalized spacial score (nSPS) is 18.1. The monoisotopic (exact) mass is 197 g/mol. The van der Waals surface area contributed by atoms with Gasteiger partial charge >= 0.3 is 0 Å². The summed E-state index contributed by atoms with van der Waals surface area (Å²) in [5, 5.41) is 0. The first-order chi connectivity index (χ1) is 6.42. The maximum absolute atomic E-state index is 5.45. The lowest BCUT2D eigenvalue weighted by Crippen LogP contribution is -2.29. The van der Waals surface area contributed by atoms with Gasteiger partial charge in [0.15, 0.2) is 0 Å². The molecule has 4 nitrogen and oxygen atoms in total. The average molecular weight is 197 g/mol. The van der Waals surface area contributed by atoms with Gasteiger partial charge in [-0.2, -0.15) is 0 Å². The Hall–Kier alpha value is -0.910. The third-order valence-electron chi connectivity index (χ3n) is 1.92. The van der Waals surface area contributed by atoms with Crippen molar-refractivity contribution in [2.75, 3.05) is 6.61 Å². The number of aromatic nitrogens is 1. The molecule has 0 fully saturated rings. The molecule has 0 saturated carbocycles. The highest BCUT2D eigenvalue weighted by Gasteiger charge is 2.20. The summed E-state index contributed by atoms with van der Waals surface area (Å²) in [7, 11) is 0. The lowest BCUT2D eigenvalue weighted by Gasteiger charge is -2.14. The predicted molar refractivity (Wildman–Crippen MR) is 50.8 cm³/mol. The Labute approximate surface area is 80.4 Å². The smallest absolute Gasteiger partial charge is 0.116 e. The van der Waals surface area contributed by atoms with E-state index < -0.39 is 0 Å². The molecule has 2 heterocycles. The number of hydrogen-bond donors (Lipinski definition) is 2. The molecule has 13 heavy (non-hydrogen) atoms. The highest BCUT2D eigenvalue weighted by atomic mass is 32.1. The molecule has 0 amide bonds. The number of hydrazine groups is 1. The molecule has 0 bridgehead atoms. The predicted octanol–water partition coefficient (Wildman–Crippen LogP) is 0.952. The molecule has 1 aliphatic heterocycles. The van der Waals surface area contributed by atoms with Crippen molar-refractivity contribution in [3.63, 3.8) is 0 Å². The minimum Gasteiger partial charge on any atom is -0.496 e. The van der Waals surface area contributed by atoms with Crippen LogP contribution in [-0.4, -0.2) is 11.6 Å². The lowest BCUT2D eigenvalue weighted by atomic mass is 10.2. The van der Waals surface area contributed by atoms with E-state index in [9.17, 15) is 0 Å². The summed E-state index contributed by atoms with van der Waals surface area (Å²) in [5.41, 5.74) is 4.51. The summed E-state index contributed by atoms with van der Waals surface area (Å²) in [6.07, 6.45) is 4.83. The molecule has 2 rings (SSSR count). The van der Waals surface area contributed by atoms with Crippen LogP contribution in [0.15, 0.2) is 23.5 Å². The van der Waals surface area contributed by atoms with Crippen LogP contribution in [0.1, 0.15) is 17.3 Å². The molecule has 70 valence electrons. The average Bonchev–Trinajstić information content (AvgIpc) is 2.76. The summed E-state index contributed by atoms with van der Waals surface area (Å²) >= 11 is 1.57. The van der Waals surface area contributed by atoms with Crippen molar-refractivity contribution in [3.05, 3.63) is 28.4 Å². The summed E-state index contributed by atoms with van der Waals surface area (Å²) < 4.78 is 5.43. The van der Waals surface area contributed by atoms with Crippen LogP contribution in [0, 0.1) is 0 Å². The van der Waals surface area contributed by atoms with E-state index in [0.717, 1.165) is 23.7 Å². The molecular formula is C8H11N3OS. The van der Waals surface area contributed by atoms with Crippen LogP contribution < -0.4 is 11.3 Å². The van der Waals surface area contributed by atoms with Crippen molar-refractivity contribution in [1.82, 2.24) is 10.4 Å². The van der Waals surface area contributed by atoms with Crippen molar-refractivity contribution in [2.24, 2.45) is 5.84 Å². The van der Waals surface area contributed by atoms with Gasteiger partial charge in [0, 0.05) is 12.6 Å². The quantitative estimate of drug-likeness (QED) is 0.559. The van der Waals surface area contributed by atoms with Gasteiger partial charge in [-0.15, -0.1) is 11.3 Å². The van der Waals surface area contributed by atoms with Crippen LogP contribution in [0.4, 0.5) is 0 Å². The highest BCUT2D eigenvalue weighted by Crippen LogP contribution is 2.27. The SMILES string of the molecule is NNC(C1=CCCO1)c1cncs1.